The molecule has 1 aliphatic heterocycles. The maximum atomic E-state index is 12.7. The average Bonchev–Trinajstić information content (AvgIpc) is 3.16. The van der Waals surface area contributed by atoms with Gasteiger partial charge in [-0.25, -0.2) is 0 Å². The maximum Gasteiger partial charge on any atom is 0.173 e. The number of rotatable bonds is 7. The third kappa shape index (κ3) is 4.43. The molecule has 2 heterocycles. The Morgan fingerprint density at radius 1 is 1.20 bits per heavy atom. The van der Waals surface area contributed by atoms with Crippen LogP contribution in [0.2, 0.25) is 0 Å². The summed E-state index contributed by atoms with van der Waals surface area (Å²) in [4.78, 5) is 26.1. The Morgan fingerprint density at radius 3 is 2.43 bits per heavy atom. The molecule has 0 saturated carbocycles. The molecule has 0 saturated heterocycles. The minimum absolute atomic E-state index is 0.0112. The molecule has 0 radical (unpaired) electrons. The van der Waals surface area contributed by atoms with Gasteiger partial charge < -0.3 is 5.32 Å². The Morgan fingerprint density at radius 2 is 1.90 bits per heavy atom. The van der Waals surface area contributed by atoms with E-state index in [1.165, 1.54) is 24.2 Å². The number of hydrogen-bond donors (Lipinski definition) is 1. The molecular weight excluding hydrogens is 412 g/mol. The number of aryl methyl sites for hydroxylation is 2. The van der Waals surface area contributed by atoms with Crippen LogP contribution in [0.3, 0.4) is 0 Å². The lowest BCUT2D eigenvalue weighted by Gasteiger charge is -2.29. The van der Waals surface area contributed by atoms with Crippen LogP contribution in [-0.4, -0.2) is 17.3 Å². The molecule has 0 bridgehead atoms. The number of nitrogens with zero attached hydrogens (tertiary/aromatic N) is 1. The first-order valence-corrected chi connectivity index (χ1v) is 11.7. The minimum atomic E-state index is -0.393. The number of thioether (sulfide) groups is 1. The molecule has 2 aromatic rings. The molecule has 0 fully saturated rings. The molecule has 1 atom stereocenters. The molecule has 1 N–H and O–H groups in total. The van der Waals surface area contributed by atoms with Crippen LogP contribution in [-0.2, 0) is 11.2 Å². The molecule has 0 amide bonds. The topological polar surface area (TPSA) is 70.0 Å². The van der Waals surface area contributed by atoms with Crippen molar-refractivity contribution in [1.29, 1.82) is 5.26 Å². The van der Waals surface area contributed by atoms with Crippen molar-refractivity contribution >= 4 is 34.7 Å². The molecule has 0 unspecified atom stereocenters. The highest BCUT2D eigenvalue weighted by Crippen LogP contribution is 2.43. The smallest absolute Gasteiger partial charge is 0.173 e. The lowest BCUT2D eigenvalue weighted by molar-refractivity contribution is -0.113. The minimum Gasteiger partial charge on any atom is -0.353 e. The van der Waals surface area contributed by atoms with Gasteiger partial charge in [-0.3, -0.25) is 9.59 Å². The second-order valence-electron chi connectivity index (χ2n) is 7.24. The van der Waals surface area contributed by atoms with Crippen LogP contribution in [0.4, 0.5) is 0 Å². The van der Waals surface area contributed by atoms with Gasteiger partial charge in [-0.05, 0) is 49.8 Å². The number of carbonyl (C=O) groups is 2. The van der Waals surface area contributed by atoms with Gasteiger partial charge in [0.2, 0.25) is 0 Å². The molecule has 0 aliphatic carbocycles. The largest absolute Gasteiger partial charge is 0.353 e. The summed E-state index contributed by atoms with van der Waals surface area (Å²) in [5.74, 6) is -0.216. The maximum absolute atomic E-state index is 12.7. The molecular formula is C24H24N2O2S2. The van der Waals surface area contributed by atoms with E-state index >= 15 is 0 Å². The SMILES string of the molecule is CCc1ccc(C(=O)CSC2=C(C#N)[C@H](c3sccc3C)C(C(C)=O)=C(C)N2)cc1. The van der Waals surface area contributed by atoms with E-state index in [0.717, 1.165) is 22.6 Å². The molecule has 1 aliphatic rings. The summed E-state index contributed by atoms with van der Waals surface area (Å²) in [6, 6.07) is 12.0. The number of nitriles is 1. The van der Waals surface area contributed by atoms with Gasteiger partial charge in [0, 0.05) is 21.7 Å². The number of nitrogens with one attached hydrogen (secondary N) is 1. The van der Waals surface area contributed by atoms with Gasteiger partial charge in [-0.1, -0.05) is 43.0 Å². The highest BCUT2D eigenvalue weighted by molar-refractivity contribution is 8.03. The molecule has 30 heavy (non-hydrogen) atoms. The normalized spacial score (nSPS) is 16.3. The summed E-state index contributed by atoms with van der Waals surface area (Å²) in [5, 5.41) is 15.8. The molecule has 3 rings (SSSR count). The number of allylic oxidation sites excluding steroid dienone is 3. The third-order valence-corrected chi connectivity index (χ3v) is 7.32. The lowest BCUT2D eigenvalue weighted by atomic mass is 9.84. The van der Waals surface area contributed by atoms with Crippen LogP contribution < -0.4 is 5.32 Å². The first-order chi connectivity index (χ1) is 14.4. The predicted octanol–water partition coefficient (Wildman–Crippen LogP) is 5.52. The second-order valence-corrected chi connectivity index (χ2v) is 9.17. The molecule has 1 aromatic carbocycles. The first-order valence-electron chi connectivity index (χ1n) is 9.79. The van der Waals surface area contributed by atoms with E-state index < -0.39 is 5.92 Å². The van der Waals surface area contributed by atoms with Crippen LogP contribution >= 0.6 is 23.1 Å². The molecule has 6 heteroatoms. The van der Waals surface area contributed by atoms with E-state index in [1.807, 2.05) is 49.6 Å². The van der Waals surface area contributed by atoms with Gasteiger partial charge >= 0.3 is 0 Å². The van der Waals surface area contributed by atoms with Crippen molar-refractivity contribution < 1.29 is 9.59 Å². The Hall–Kier alpha value is -2.62. The second kappa shape index (κ2) is 9.46. The van der Waals surface area contributed by atoms with E-state index in [-0.39, 0.29) is 17.3 Å². The Labute approximate surface area is 185 Å². The first kappa shape index (κ1) is 22.1. The molecule has 1 aromatic heterocycles. The Bertz CT molecular complexity index is 1090. The third-order valence-electron chi connectivity index (χ3n) is 5.22. The fourth-order valence-electron chi connectivity index (χ4n) is 3.58. The fraction of sp³-hybridized carbons (Fsp3) is 0.292. The number of hydrogen-bond acceptors (Lipinski definition) is 6. The van der Waals surface area contributed by atoms with E-state index in [1.54, 1.807) is 11.3 Å². The van der Waals surface area contributed by atoms with Gasteiger partial charge in [0.05, 0.1) is 28.3 Å². The lowest BCUT2D eigenvalue weighted by Crippen LogP contribution is -2.27. The van der Waals surface area contributed by atoms with Crippen molar-refractivity contribution in [1.82, 2.24) is 5.32 Å². The summed E-state index contributed by atoms with van der Waals surface area (Å²) in [7, 11) is 0. The van der Waals surface area contributed by atoms with Gasteiger partial charge in [0.15, 0.2) is 11.6 Å². The zero-order chi connectivity index (χ0) is 21.8. The number of Topliss-reactive ketones (excluding diaryl/α,β-unsaturated/α-hetero) is 2. The Balaban J connectivity index is 1.91. The van der Waals surface area contributed by atoms with Crippen molar-refractivity contribution in [3.05, 3.63) is 79.2 Å². The molecule has 0 spiro atoms. The van der Waals surface area contributed by atoms with Crippen LogP contribution in [0.15, 0.2) is 57.6 Å². The average molecular weight is 437 g/mol. The highest BCUT2D eigenvalue weighted by Gasteiger charge is 2.34. The summed E-state index contributed by atoms with van der Waals surface area (Å²) >= 11 is 2.87. The standard InChI is InChI=1S/C24H24N2O2S2/c1-5-17-6-8-18(9-7-17)20(28)13-30-24-19(12-25)22(23-14(2)10-11-29-23)21(16(4)27)15(3)26-24/h6-11,22,26H,5,13H2,1-4H3/t22-/m0/s1. The van der Waals surface area contributed by atoms with E-state index in [0.29, 0.717) is 21.7 Å². The van der Waals surface area contributed by atoms with E-state index in [9.17, 15) is 14.9 Å². The zero-order valence-corrected chi connectivity index (χ0v) is 19.2. The van der Waals surface area contributed by atoms with Crippen LogP contribution in [0.1, 0.15) is 53.1 Å². The summed E-state index contributed by atoms with van der Waals surface area (Å²) < 4.78 is 0. The van der Waals surface area contributed by atoms with Gasteiger partial charge in [0.1, 0.15) is 0 Å². The number of thiophene rings is 1. The van der Waals surface area contributed by atoms with Crippen molar-refractivity contribution in [2.75, 3.05) is 5.75 Å². The predicted molar refractivity (Wildman–Crippen MR) is 124 cm³/mol. The number of dihydropyridines is 1. The van der Waals surface area contributed by atoms with Gasteiger partial charge in [0.25, 0.3) is 0 Å². The van der Waals surface area contributed by atoms with Gasteiger partial charge in [-0.15, -0.1) is 11.3 Å². The number of ketones is 2. The molecule has 4 nitrogen and oxygen atoms in total. The summed E-state index contributed by atoms with van der Waals surface area (Å²) in [5.41, 5.74) is 4.76. The monoisotopic (exact) mass is 436 g/mol. The molecule has 154 valence electrons. The van der Waals surface area contributed by atoms with E-state index in [4.69, 9.17) is 0 Å². The fourth-order valence-corrected chi connectivity index (χ4v) is 5.61. The van der Waals surface area contributed by atoms with Crippen LogP contribution in [0.5, 0.6) is 0 Å². The number of benzene rings is 1. The van der Waals surface area contributed by atoms with Crippen molar-refractivity contribution in [3.8, 4) is 6.07 Å². The highest BCUT2D eigenvalue weighted by atomic mass is 32.2. The Kier molecular flexibility index (Phi) is 6.96. The van der Waals surface area contributed by atoms with Crippen LogP contribution in [0.25, 0.3) is 0 Å². The summed E-state index contributed by atoms with van der Waals surface area (Å²) in [6.07, 6.45) is 0.930. The van der Waals surface area contributed by atoms with Crippen molar-refractivity contribution in [2.24, 2.45) is 0 Å². The quantitative estimate of drug-likeness (QED) is 0.579. The van der Waals surface area contributed by atoms with Gasteiger partial charge in [-0.2, -0.15) is 5.26 Å². The van der Waals surface area contributed by atoms with Crippen molar-refractivity contribution in [3.63, 3.8) is 0 Å². The zero-order valence-electron chi connectivity index (χ0n) is 17.5. The van der Waals surface area contributed by atoms with Crippen molar-refractivity contribution in [2.45, 2.75) is 40.0 Å². The van der Waals surface area contributed by atoms with Crippen LogP contribution in [0, 0.1) is 18.3 Å². The summed E-state index contributed by atoms with van der Waals surface area (Å²) in [6.45, 7) is 7.46. The van der Waals surface area contributed by atoms with E-state index in [2.05, 4.69) is 18.3 Å². The number of carbonyl (C=O) groups excluding carboxylic acids is 2.